The molecular weight excluding hydrogens is 250 g/mol. The third-order valence-electron chi connectivity index (χ3n) is 3.69. The van der Waals surface area contributed by atoms with Crippen molar-refractivity contribution in [3.8, 4) is 0 Å². The summed E-state index contributed by atoms with van der Waals surface area (Å²) < 4.78 is 5.34. The molecule has 2 rings (SSSR count). The summed E-state index contributed by atoms with van der Waals surface area (Å²) in [7, 11) is 0. The highest BCUT2D eigenvalue weighted by Gasteiger charge is 2.18. The standard InChI is InChI=1S/C16H25N3O/c1-3-9-17-16(19-11-7-14(2)8-12-19)18-10-6-15-5-4-13-20-15/h3-5,13-14H,1,6-12H2,2H3,(H,17,18). The zero-order valence-corrected chi connectivity index (χ0v) is 12.3. The largest absolute Gasteiger partial charge is 0.469 e. The summed E-state index contributed by atoms with van der Waals surface area (Å²) in [5, 5.41) is 3.36. The maximum Gasteiger partial charge on any atom is 0.194 e. The first-order valence-corrected chi connectivity index (χ1v) is 7.46. The van der Waals surface area contributed by atoms with Gasteiger partial charge >= 0.3 is 0 Å². The van der Waals surface area contributed by atoms with Crippen molar-refractivity contribution in [2.24, 2.45) is 10.9 Å². The molecular formula is C16H25N3O. The number of furan rings is 1. The molecule has 0 spiro atoms. The van der Waals surface area contributed by atoms with Gasteiger partial charge in [0.2, 0.25) is 0 Å². The van der Waals surface area contributed by atoms with Crippen LogP contribution in [0.25, 0.3) is 0 Å². The number of guanidine groups is 1. The van der Waals surface area contributed by atoms with Gasteiger partial charge in [-0.2, -0.15) is 0 Å². The zero-order valence-electron chi connectivity index (χ0n) is 12.3. The van der Waals surface area contributed by atoms with Gasteiger partial charge < -0.3 is 14.6 Å². The van der Waals surface area contributed by atoms with Crippen LogP contribution in [0.5, 0.6) is 0 Å². The van der Waals surface area contributed by atoms with Gasteiger partial charge in [0, 0.05) is 32.6 Å². The number of nitrogens with zero attached hydrogens (tertiary/aromatic N) is 2. The fraction of sp³-hybridized carbons (Fsp3) is 0.562. The molecule has 0 atom stereocenters. The average Bonchev–Trinajstić information content (AvgIpc) is 2.97. The summed E-state index contributed by atoms with van der Waals surface area (Å²) in [5.41, 5.74) is 0. The normalized spacial score (nSPS) is 17.2. The van der Waals surface area contributed by atoms with Crippen LogP contribution in [0.3, 0.4) is 0 Å². The van der Waals surface area contributed by atoms with E-state index in [0.717, 1.165) is 50.2 Å². The molecule has 1 aliphatic rings. The lowest BCUT2D eigenvalue weighted by atomic mass is 10.00. The Hall–Kier alpha value is -1.71. The summed E-state index contributed by atoms with van der Waals surface area (Å²) in [4.78, 5) is 7.06. The van der Waals surface area contributed by atoms with Crippen LogP contribution in [-0.2, 0) is 6.42 Å². The lowest BCUT2D eigenvalue weighted by Crippen LogP contribution is -2.45. The van der Waals surface area contributed by atoms with E-state index in [0.29, 0.717) is 0 Å². The Morgan fingerprint density at radius 3 is 3.00 bits per heavy atom. The first-order valence-electron chi connectivity index (χ1n) is 7.46. The monoisotopic (exact) mass is 275 g/mol. The second kappa shape index (κ2) is 7.78. The molecule has 110 valence electrons. The van der Waals surface area contributed by atoms with Gasteiger partial charge in [-0.1, -0.05) is 13.0 Å². The van der Waals surface area contributed by atoms with Gasteiger partial charge in [-0.15, -0.1) is 6.58 Å². The molecule has 1 aromatic rings. The van der Waals surface area contributed by atoms with E-state index in [2.05, 4.69) is 23.7 Å². The van der Waals surface area contributed by atoms with E-state index in [-0.39, 0.29) is 0 Å². The molecule has 0 aromatic carbocycles. The second-order valence-corrected chi connectivity index (χ2v) is 5.37. The minimum atomic E-state index is 0.749. The van der Waals surface area contributed by atoms with Gasteiger partial charge in [0.05, 0.1) is 6.26 Å². The molecule has 1 aromatic heterocycles. The minimum absolute atomic E-state index is 0.749. The Kier molecular flexibility index (Phi) is 5.71. The molecule has 1 N–H and O–H groups in total. The van der Waals surface area contributed by atoms with E-state index < -0.39 is 0 Å². The lowest BCUT2D eigenvalue weighted by molar-refractivity contribution is 0.273. The summed E-state index contributed by atoms with van der Waals surface area (Å²) >= 11 is 0. The minimum Gasteiger partial charge on any atom is -0.469 e. The van der Waals surface area contributed by atoms with Crippen molar-refractivity contribution in [2.75, 3.05) is 26.2 Å². The van der Waals surface area contributed by atoms with E-state index in [9.17, 15) is 0 Å². The third kappa shape index (κ3) is 4.44. The first kappa shape index (κ1) is 14.7. The molecule has 0 aliphatic carbocycles. The lowest BCUT2D eigenvalue weighted by Gasteiger charge is -2.33. The van der Waals surface area contributed by atoms with E-state index >= 15 is 0 Å². The van der Waals surface area contributed by atoms with Gasteiger partial charge in [0.25, 0.3) is 0 Å². The Morgan fingerprint density at radius 1 is 1.55 bits per heavy atom. The van der Waals surface area contributed by atoms with Crippen molar-refractivity contribution in [3.05, 3.63) is 36.8 Å². The number of rotatable bonds is 5. The van der Waals surface area contributed by atoms with Crippen LogP contribution >= 0.6 is 0 Å². The van der Waals surface area contributed by atoms with Crippen LogP contribution in [0.2, 0.25) is 0 Å². The summed E-state index contributed by atoms with van der Waals surface area (Å²) in [6.07, 6.45) is 6.91. The topological polar surface area (TPSA) is 40.8 Å². The summed E-state index contributed by atoms with van der Waals surface area (Å²) in [5.74, 6) is 2.82. The third-order valence-corrected chi connectivity index (χ3v) is 3.69. The number of piperidine rings is 1. The van der Waals surface area contributed by atoms with Crippen LogP contribution in [0.4, 0.5) is 0 Å². The molecule has 4 nitrogen and oxygen atoms in total. The van der Waals surface area contributed by atoms with Crippen molar-refractivity contribution in [2.45, 2.75) is 26.2 Å². The Bertz CT molecular complexity index is 417. The fourth-order valence-electron chi connectivity index (χ4n) is 2.38. The number of hydrogen-bond donors (Lipinski definition) is 1. The molecule has 0 unspecified atom stereocenters. The van der Waals surface area contributed by atoms with Crippen molar-refractivity contribution in [3.63, 3.8) is 0 Å². The maximum absolute atomic E-state index is 5.34. The van der Waals surface area contributed by atoms with Crippen molar-refractivity contribution in [1.82, 2.24) is 10.2 Å². The predicted molar refractivity (Wildman–Crippen MR) is 82.9 cm³/mol. The number of nitrogens with one attached hydrogen (secondary N) is 1. The molecule has 20 heavy (non-hydrogen) atoms. The first-order chi connectivity index (χ1) is 9.79. The van der Waals surface area contributed by atoms with Crippen LogP contribution in [0.15, 0.2) is 40.5 Å². The van der Waals surface area contributed by atoms with Crippen molar-refractivity contribution in [1.29, 1.82) is 0 Å². The van der Waals surface area contributed by atoms with E-state index in [1.54, 1.807) is 6.26 Å². The number of likely N-dealkylation sites (tertiary alicyclic amines) is 1. The van der Waals surface area contributed by atoms with E-state index in [4.69, 9.17) is 9.41 Å². The van der Waals surface area contributed by atoms with Gasteiger partial charge in [-0.3, -0.25) is 4.99 Å². The van der Waals surface area contributed by atoms with Crippen LogP contribution in [-0.4, -0.2) is 37.0 Å². The highest BCUT2D eigenvalue weighted by molar-refractivity contribution is 5.80. The molecule has 0 amide bonds. The molecule has 2 heterocycles. The molecule has 0 saturated carbocycles. The predicted octanol–water partition coefficient (Wildman–Crippen LogP) is 2.69. The highest BCUT2D eigenvalue weighted by Crippen LogP contribution is 2.16. The van der Waals surface area contributed by atoms with Gasteiger partial charge in [0.1, 0.15) is 5.76 Å². The average molecular weight is 275 g/mol. The van der Waals surface area contributed by atoms with Crippen molar-refractivity contribution >= 4 is 5.96 Å². The molecule has 1 fully saturated rings. The Labute approximate surface area is 121 Å². The van der Waals surface area contributed by atoms with E-state index in [1.165, 1.54) is 12.8 Å². The number of hydrogen-bond acceptors (Lipinski definition) is 2. The number of aliphatic imine (C=N–C) groups is 1. The molecule has 1 saturated heterocycles. The molecule has 4 heteroatoms. The summed E-state index contributed by atoms with van der Waals surface area (Å²) in [6.45, 7) is 9.76. The maximum atomic E-state index is 5.34. The second-order valence-electron chi connectivity index (χ2n) is 5.37. The molecule has 0 radical (unpaired) electrons. The quantitative estimate of drug-likeness (QED) is 0.510. The smallest absolute Gasteiger partial charge is 0.194 e. The van der Waals surface area contributed by atoms with Crippen LogP contribution < -0.4 is 5.32 Å². The fourth-order valence-corrected chi connectivity index (χ4v) is 2.38. The van der Waals surface area contributed by atoms with Gasteiger partial charge in [-0.25, -0.2) is 0 Å². The summed E-state index contributed by atoms with van der Waals surface area (Å²) in [6, 6.07) is 3.91. The SMILES string of the molecule is C=CCNC(=NCCc1ccco1)N1CCC(C)CC1. The van der Waals surface area contributed by atoms with E-state index in [1.807, 2.05) is 18.2 Å². The molecule has 0 bridgehead atoms. The van der Waals surface area contributed by atoms with Gasteiger partial charge in [0.15, 0.2) is 5.96 Å². The Morgan fingerprint density at radius 2 is 2.35 bits per heavy atom. The Balaban J connectivity index is 1.89. The molecule has 1 aliphatic heterocycles. The van der Waals surface area contributed by atoms with Crippen LogP contribution in [0, 0.1) is 5.92 Å². The van der Waals surface area contributed by atoms with Crippen molar-refractivity contribution < 1.29 is 4.42 Å². The zero-order chi connectivity index (χ0) is 14.2. The van der Waals surface area contributed by atoms with Crippen LogP contribution in [0.1, 0.15) is 25.5 Å². The highest BCUT2D eigenvalue weighted by atomic mass is 16.3. The van der Waals surface area contributed by atoms with Gasteiger partial charge in [-0.05, 0) is 30.9 Å².